The highest BCUT2D eigenvalue weighted by Gasteiger charge is 2.14. The van der Waals surface area contributed by atoms with Crippen LogP contribution in [0.15, 0.2) is 47.5 Å². The number of hydrogen-bond donors (Lipinski definition) is 2. The molecule has 0 fully saturated rings. The van der Waals surface area contributed by atoms with Gasteiger partial charge in [-0.25, -0.2) is 18.5 Å². The van der Waals surface area contributed by atoms with Gasteiger partial charge in [0, 0.05) is 26.8 Å². The predicted molar refractivity (Wildman–Crippen MR) is 87.5 cm³/mol. The van der Waals surface area contributed by atoms with E-state index in [1.807, 2.05) is 0 Å². The van der Waals surface area contributed by atoms with Crippen LogP contribution >= 0.6 is 0 Å². The average Bonchev–Trinajstić information content (AvgIpc) is 2.52. The molecule has 0 radical (unpaired) electrons. The van der Waals surface area contributed by atoms with Crippen molar-refractivity contribution in [1.82, 2.24) is 10.3 Å². The number of benzene rings is 1. The summed E-state index contributed by atoms with van der Waals surface area (Å²) in [7, 11) is -0.163. The number of sulfonamides is 1. The number of rotatable bonds is 5. The molecule has 0 aliphatic rings. The van der Waals surface area contributed by atoms with Crippen LogP contribution < -0.4 is 15.4 Å². The second-order valence-corrected chi connectivity index (χ2v) is 6.71. The Morgan fingerprint density at radius 3 is 2.65 bits per heavy atom. The summed E-state index contributed by atoms with van der Waals surface area (Å²) in [4.78, 5) is 18.2. The summed E-state index contributed by atoms with van der Waals surface area (Å²) in [5.41, 5.74) is 1.08. The molecule has 2 aromatic rings. The molecule has 0 unspecified atom stereocenters. The van der Waals surface area contributed by atoms with E-state index in [1.165, 1.54) is 12.1 Å². The van der Waals surface area contributed by atoms with Crippen LogP contribution in [0.25, 0.3) is 0 Å². The fraction of sp³-hybridized carbons (Fsp3) is 0.200. The molecule has 23 heavy (non-hydrogen) atoms. The molecule has 0 saturated carbocycles. The fourth-order valence-electron chi connectivity index (χ4n) is 2.04. The van der Waals surface area contributed by atoms with Crippen LogP contribution in [0.4, 0.5) is 5.82 Å². The van der Waals surface area contributed by atoms with Gasteiger partial charge in [0.15, 0.2) is 0 Å². The van der Waals surface area contributed by atoms with Crippen LogP contribution in [-0.4, -0.2) is 33.4 Å². The lowest BCUT2D eigenvalue weighted by Crippen LogP contribution is -2.26. The lowest BCUT2D eigenvalue weighted by atomic mass is 10.2. The Balaban J connectivity index is 2.14. The molecule has 0 bridgehead atoms. The van der Waals surface area contributed by atoms with Gasteiger partial charge in [-0.05, 0) is 29.8 Å². The minimum atomic E-state index is -3.76. The molecule has 0 atom stereocenters. The van der Waals surface area contributed by atoms with E-state index < -0.39 is 10.0 Å². The SMILES string of the molecule is CN(C)c1ncccc1C(=O)NCc1cccc(S(N)(=O)=O)c1. The van der Waals surface area contributed by atoms with Crippen molar-refractivity contribution in [2.24, 2.45) is 5.14 Å². The Morgan fingerprint density at radius 1 is 1.26 bits per heavy atom. The Morgan fingerprint density at radius 2 is 2.00 bits per heavy atom. The Labute approximate surface area is 135 Å². The van der Waals surface area contributed by atoms with Crippen LogP contribution in [0.5, 0.6) is 0 Å². The Hall–Kier alpha value is -2.45. The minimum Gasteiger partial charge on any atom is -0.362 e. The van der Waals surface area contributed by atoms with Gasteiger partial charge in [0.1, 0.15) is 5.82 Å². The molecule has 0 spiro atoms. The van der Waals surface area contributed by atoms with Crippen molar-refractivity contribution in [3.63, 3.8) is 0 Å². The van der Waals surface area contributed by atoms with Gasteiger partial charge in [0.05, 0.1) is 10.5 Å². The number of nitrogens with zero attached hydrogens (tertiary/aromatic N) is 2. The molecule has 2 rings (SSSR count). The number of primary sulfonamides is 1. The molecule has 1 amide bonds. The van der Waals surface area contributed by atoms with E-state index in [2.05, 4.69) is 10.3 Å². The number of pyridine rings is 1. The summed E-state index contributed by atoms with van der Waals surface area (Å²) in [6.07, 6.45) is 1.61. The van der Waals surface area contributed by atoms with Crippen LogP contribution in [0, 0.1) is 0 Å². The van der Waals surface area contributed by atoms with E-state index in [1.54, 1.807) is 49.5 Å². The van der Waals surface area contributed by atoms with Crippen molar-refractivity contribution in [1.29, 1.82) is 0 Å². The molecule has 0 aliphatic heterocycles. The Kier molecular flexibility index (Phi) is 4.97. The molecule has 8 heteroatoms. The van der Waals surface area contributed by atoms with Crippen molar-refractivity contribution in [3.8, 4) is 0 Å². The molecule has 1 aromatic carbocycles. The predicted octanol–water partition coefficient (Wildman–Crippen LogP) is 0.725. The third kappa shape index (κ3) is 4.27. The molecular formula is C15H18N4O3S. The maximum Gasteiger partial charge on any atom is 0.255 e. The van der Waals surface area contributed by atoms with Crippen LogP contribution in [-0.2, 0) is 16.6 Å². The van der Waals surface area contributed by atoms with Crippen LogP contribution in [0.3, 0.4) is 0 Å². The van der Waals surface area contributed by atoms with Gasteiger partial charge in [-0.2, -0.15) is 0 Å². The summed E-state index contributed by atoms with van der Waals surface area (Å²) in [5, 5.41) is 7.84. The molecule has 3 N–H and O–H groups in total. The lowest BCUT2D eigenvalue weighted by molar-refractivity contribution is 0.0951. The number of amides is 1. The normalized spacial score (nSPS) is 11.1. The minimum absolute atomic E-state index is 0.0135. The van der Waals surface area contributed by atoms with Gasteiger partial charge in [-0.15, -0.1) is 0 Å². The topological polar surface area (TPSA) is 105 Å². The van der Waals surface area contributed by atoms with Crippen molar-refractivity contribution in [3.05, 3.63) is 53.7 Å². The van der Waals surface area contributed by atoms with Crippen LogP contribution in [0.2, 0.25) is 0 Å². The zero-order valence-electron chi connectivity index (χ0n) is 12.9. The van der Waals surface area contributed by atoms with E-state index in [9.17, 15) is 13.2 Å². The largest absolute Gasteiger partial charge is 0.362 e. The molecule has 0 saturated heterocycles. The van der Waals surface area contributed by atoms with E-state index in [0.29, 0.717) is 16.9 Å². The number of nitrogens with one attached hydrogen (secondary N) is 1. The number of carbonyl (C=O) groups is 1. The molecule has 1 heterocycles. The van der Waals surface area contributed by atoms with Crippen LogP contribution in [0.1, 0.15) is 15.9 Å². The van der Waals surface area contributed by atoms with E-state index in [-0.39, 0.29) is 17.3 Å². The first-order valence-electron chi connectivity index (χ1n) is 6.81. The number of anilines is 1. The van der Waals surface area contributed by atoms with Crippen molar-refractivity contribution >= 4 is 21.7 Å². The summed E-state index contributed by atoms with van der Waals surface area (Å²) in [6.45, 7) is 0.184. The van der Waals surface area contributed by atoms with Crippen molar-refractivity contribution in [2.75, 3.05) is 19.0 Å². The standard InChI is InChI=1S/C15H18N4O3S/c1-19(2)14-13(7-4-8-17-14)15(20)18-10-11-5-3-6-12(9-11)23(16,21)22/h3-9H,10H2,1-2H3,(H,18,20)(H2,16,21,22). The van der Waals surface area contributed by atoms with Gasteiger partial charge in [0.2, 0.25) is 10.0 Å². The van der Waals surface area contributed by atoms with Gasteiger partial charge in [0.25, 0.3) is 5.91 Å². The third-order valence-electron chi connectivity index (χ3n) is 3.13. The second kappa shape index (κ2) is 6.76. The molecule has 122 valence electrons. The number of aromatic nitrogens is 1. The molecule has 0 aliphatic carbocycles. The number of nitrogens with two attached hydrogens (primary N) is 1. The van der Waals surface area contributed by atoms with Gasteiger partial charge in [-0.1, -0.05) is 12.1 Å². The van der Waals surface area contributed by atoms with E-state index in [0.717, 1.165) is 0 Å². The third-order valence-corrected chi connectivity index (χ3v) is 4.05. The van der Waals surface area contributed by atoms with E-state index >= 15 is 0 Å². The maximum absolute atomic E-state index is 12.3. The lowest BCUT2D eigenvalue weighted by Gasteiger charge is -2.15. The summed E-state index contributed by atoms with van der Waals surface area (Å²) >= 11 is 0. The smallest absolute Gasteiger partial charge is 0.255 e. The second-order valence-electron chi connectivity index (χ2n) is 5.14. The number of carbonyl (C=O) groups excluding carboxylic acids is 1. The van der Waals surface area contributed by atoms with Crippen molar-refractivity contribution in [2.45, 2.75) is 11.4 Å². The first-order valence-corrected chi connectivity index (χ1v) is 8.36. The van der Waals surface area contributed by atoms with Crippen molar-refractivity contribution < 1.29 is 13.2 Å². The monoisotopic (exact) mass is 334 g/mol. The molecule has 7 nitrogen and oxygen atoms in total. The maximum atomic E-state index is 12.3. The molecule has 1 aromatic heterocycles. The van der Waals surface area contributed by atoms with Gasteiger partial charge < -0.3 is 10.2 Å². The highest BCUT2D eigenvalue weighted by Crippen LogP contribution is 2.15. The summed E-state index contributed by atoms with van der Waals surface area (Å²) in [5.74, 6) is 0.270. The quantitative estimate of drug-likeness (QED) is 0.838. The number of hydrogen-bond acceptors (Lipinski definition) is 5. The highest BCUT2D eigenvalue weighted by atomic mass is 32.2. The summed E-state index contributed by atoms with van der Waals surface area (Å²) in [6, 6.07) is 9.50. The fourth-order valence-corrected chi connectivity index (χ4v) is 2.62. The summed E-state index contributed by atoms with van der Waals surface area (Å²) < 4.78 is 22.7. The van der Waals surface area contributed by atoms with Gasteiger partial charge in [-0.3, -0.25) is 4.79 Å². The van der Waals surface area contributed by atoms with Gasteiger partial charge >= 0.3 is 0 Å². The zero-order valence-corrected chi connectivity index (χ0v) is 13.7. The highest BCUT2D eigenvalue weighted by molar-refractivity contribution is 7.89. The average molecular weight is 334 g/mol. The zero-order chi connectivity index (χ0) is 17.0. The molecular weight excluding hydrogens is 316 g/mol. The first-order chi connectivity index (χ1) is 10.8. The Bertz CT molecular complexity index is 819. The van der Waals surface area contributed by atoms with E-state index in [4.69, 9.17) is 5.14 Å². The first kappa shape index (κ1) is 16.9.